The number of rotatable bonds is 3. The van der Waals surface area contributed by atoms with Gasteiger partial charge in [-0.05, 0) is 36.8 Å². The average molecular weight is 364 g/mol. The maximum absolute atomic E-state index is 12.2. The van der Waals surface area contributed by atoms with Crippen molar-refractivity contribution >= 4 is 45.6 Å². The Morgan fingerprint density at radius 3 is 2.85 bits per heavy atom. The smallest absolute Gasteiger partial charge is 0.307 e. The van der Waals surface area contributed by atoms with Crippen LogP contribution >= 0.6 is 11.6 Å². The molecular weight excluding hydrogens is 350 g/mol. The highest BCUT2D eigenvalue weighted by Gasteiger charge is 2.11. The number of pyridine rings is 1. The van der Waals surface area contributed by atoms with Crippen molar-refractivity contribution in [3.63, 3.8) is 0 Å². The van der Waals surface area contributed by atoms with Crippen molar-refractivity contribution < 1.29 is 9.21 Å². The molecule has 4 aromatic rings. The number of para-hydroxylation sites is 1. The second-order valence-corrected chi connectivity index (χ2v) is 6.27. The highest BCUT2D eigenvalue weighted by molar-refractivity contribution is 6.32. The molecule has 0 aliphatic rings. The van der Waals surface area contributed by atoms with Gasteiger partial charge in [-0.1, -0.05) is 41.9 Å². The molecule has 1 N–H and O–H groups in total. The summed E-state index contributed by atoms with van der Waals surface area (Å²) in [4.78, 5) is 16.5. The molecule has 1 amide bonds. The van der Waals surface area contributed by atoms with Gasteiger partial charge in [-0.2, -0.15) is 5.10 Å². The third kappa shape index (κ3) is 3.17. The number of halogens is 1. The van der Waals surface area contributed by atoms with Gasteiger partial charge in [0.05, 0.1) is 11.7 Å². The molecule has 5 nitrogen and oxygen atoms in total. The van der Waals surface area contributed by atoms with E-state index in [0.29, 0.717) is 16.3 Å². The van der Waals surface area contributed by atoms with Crippen LogP contribution in [0.1, 0.15) is 21.7 Å². The van der Waals surface area contributed by atoms with Crippen molar-refractivity contribution in [1.29, 1.82) is 0 Å². The molecule has 0 aliphatic heterocycles. The van der Waals surface area contributed by atoms with E-state index in [1.807, 2.05) is 49.4 Å². The molecule has 2 aromatic heterocycles. The van der Waals surface area contributed by atoms with Gasteiger partial charge in [0.1, 0.15) is 10.7 Å². The van der Waals surface area contributed by atoms with E-state index in [1.54, 1.807) is 12.1 Å². The summed E-state index contributed by atoms with van der Waals surface area (Å²) in [6.45, 7) is 2.00. The number of hydrazone groups is 1. The van der Waals surface area contributed by atoms with Crippen LogP contribution in [0.2, 0.25) is 5.15 Å². The number of carbonyl (C=O) groups is 1. The van der Waals surface area contributed by atoms with Crippen LogP contribution in [0.15, 0.2) is 64.1 Å². The van der Waals surface area contributed by atoms with Gasteiger partial charge < -0.3 is 4.42 Å². The van der Waals surface area contributed by atoms with E-state index in [1.165, 1.54) is 6.21 Å². The number of benzene rings is 2. The fourth-order valence-electron chi connectivity index (χ4n) is 2.67. The van der Waals surface area contributed by atoms with Crippen LogP contribution in [-0.2, 0) is 0 Å². The molecule has 2 aromatic carbocycles. The van der Waals surface area contributed by atoms with Crippen LogP contribution in [-0.4, -0.2) is 17.1 Å². The van der Waals surface area contributed by atoms with Crippen LogP contribution < -0.4 is 5.43 Å². The Labute approximate surface area is 154 Å². The van der Waals surface area contributed by atoms with E-state index in [-0.39, 0.29) is 5.76 Å². The number of carbonyl (C=O) groups excluding carboxylic acids is 1. The molecule has 0 atom stereocenters. The monoisotopic (exact) mass is 363 g/mol. The van der Waals surface area contributed by atoms with Crippen LogP contribution in [0.4, 0.5) is 0 Å². The molecule has 4 rings (SSSR count). The lowest BCUT2D eigenvalue weighted by Gasteiger charge is -2.03. The summed E-state index contributed by atoms with van der Waals surface area (Å²) in [6.07, 6.45) is 1.47. The molecule has 128 valence electrons. The van der Waals surface area contributed by atoms with E-state index in [9.17, 15) is 4.79 Å². The summed E-state index contributed by atoms with van der Waals surface area (Å²) >= 11 is 6.21. The van der Waals surface area contributed by atoms with Crippen molar-refractivity contribution in [1.82, 2.24) is 10.4 Å². The summed E-state index contributed by atoms with van der Waals surface area (Å²) < 4.78 is 5.50. The van der Waals surface area contributed by atoms with Gasteiger partial charge in [-0.15, -0.1) is 0 Å². The fraction of sp³-hybridized carbons (Fsp3) is 0.0500. The molecule has 26 heavy (non-hydrogen) atoms. The average Bonchev–Trinajstić information content (AvgIpc) is 3.06. The molecule has 0 unspecified atom stereocenters. The maximum atomic E-state index is 12.2. The Morgan fingerprint density at radius 2 is 2.00 bits per heavy atom. The first-order chi connectivity index (χ1) is 12.6. The molecule has 0 saturated carbocycles. The van der Waals surface area contributed by atoms with Gasteiger partial charge >= 0.3 is 5.91 Å². The van der Waals surface area contributed by atoms with Gasteiger partial charge in [0.25, 0.3) is 0 Å². The number of amides is 1. The molecule has 0 saturated heterocycles. The fourth-order valence-corrected chi connectivity index (χ4v) is 2.86. The zero-order valence-corrected chi connectivity index (χ0v) is 14.6. The molecular formula is C20H14ClN3O2. The quantitative estimate of drug-likeness (QED) is 0.325. The number of nitrogens with one attached hydrogen (secondary N) is 1. The third-order valence-electron chi connectivity index (χ3n) is 3.97. The topological polar surface area (TPSA) is 67.5 Å². The number of fused-ring (bicyclic) bond motifs is 2. The first-order valence-corrected chi connectivity index (χ1v) is 8.37. The number of aromatic nitrogens is 1. The molecule has 0 aliphatic carbocycles. The zero-order chi connectivity index (χ0) is 18.1. The second kappa shape index (κ2) is 6.61. The first-order valence-electron chi connectivity index (χ1n) is 7.99. The standard InChI is InChI=1S/C20H14ClN3O2/c1-12-6-7-13-9-15(19(21)23-16(13)8-12)11-22-24-20(25)18-10-14-4-2-3-5-17(14)26-18/h2-11H,1H3,(H,24,25)/b22-11+. The largest absolute Gasteiger partial charge is 0.451 e. The van der Waals surface area contributed by atoms with Gasteiger partial charge in [-0.3, -0.25) is 4.79 Å². The molecule has 0 fully saturated rings. The first kappa shape index (κ1) is 16.3. The minimum Gasteiger partial charge on any atom is -0.451 e. The van der Waals surface area contributed by atoms with Crippen LogP contribution in [0.5, 0.6) is 0 Å². The number of aryl methyl sites for hydroxylation is 1. The predicted octanol–water partition coefficient (Wildman–Crippen LogP) is 4.71. The Kier molecular flexibility index (Phi) is 4.14. The summed E-state index contributed by atoms with van der Waals surface area (Å²) in [7, 11) is 0. The highest BCUT2D eigenvalue weighted by Crippen LogP contribution is 2.21. The SMILES string of the molecule is Cc1ccc2cc(/C=N/NC(=O)c3cc4ccccc4o3)c(Cl)nc2c1. The summed E-state index contributed by atoms with van der Waals surface area (Å²) in [5.74, 6) is -0.237. The van der Waals surface area contributed by atoms with E-state index in [2.05, 4.69) is 15.5 Å². The lowest BCUT2D eigenvalue weighted by Crippen LogP contribution is -2.16. The van der Waals surface area contributed by atoms with Gasteiger partial charge in [0.2, 0.25) is 0 Å². The summed E-state index contributed by atoms with van der Waals surface area (Å²) in [5.41, 5.74) is 5.64. The Bertz CT molecular complexity index is 1130. The Balaban J connectivity index is 1.54. The van der Waals surface area contributed by atoms with Crippen molar-refractivity contribution in [3.8, 4) is 0 Å². The molecule has 0 radical (unpaired) electrons. The van der Waals surface area contributed by atoms with Crippen LogP contribution in [0.25, 0.3) is 21.9 Å². The van der Waals surface area contributed by atoms with Gasteiger partial charge in [0.15, 0.2) is 5.76 Å². The Morgan fingerprint density at radius 1 is 1.15 bits per heavy atom. The molecule has 6 heteroatoms. The van der Waals surface area contributed by atoms with Crippen molar-refractivity contribution in [2.75, 3.05) is 0 Å². The van der Waals surface area contributed by atoms with Crippen molar-refractivity contribution in [3.05, 3.63) is 76.6 Å². The van der Waals surface area contributed by atoms with Crippen LogP contribution in [0, 0.1) is 6.92 Å². The predicted molar refractivity (Wildman–Crippen MR) is 103 cm³/mol. The van der Waals surface area contributed by atoms with E-state index < -0.39 is 5.91 Å². The molecule has 0 bridgehead atoms. The lowest BCUT2D eigenvalue weighted by atomic mass is 10.1. The number of hydrogen-bond donors (Lipinski definition) is 1. The number of nitrogens with zero attached hydrogens (tertiary/aromatic N) is 2. The number of hydrogen-bond acceptors (Lipinski definition) is 4. The normalized spacial score (nSPS) is 11.5. The minimum absolute atomic E-state index is 0.196. The maximum Gasteiger partial charge on any atom is 0.307 e. The van der Waals surface area contributed by atoms with E-state index >= 15 is 0 Å². The lowest BCUT2D eigenvalue weighted by molar-refractivity contribution is 0.0929. The van der Waals surface area contributed by atoms with Crippen molar-refractivity contribution in [2.45, 2.75) is 6.92 Å². The summed E-state index contributed by atoms with van der Waals surface area (Å²) in [6, 6.07) is 16.9. The minimum atomic E-state index is -0.432. The third-order valence-corrected chi connectivity index (χ3v) is 4.28. The van der Waals surface area contributed by atoms with Gasteiger partial charge in [-0.25, -0.2) is 10.4 Å². The second-order valence-electron chi connectivity index (χ2n) is 5.91. The van der Waals surface area contributed by atoms with Gasteiger partial charge in [0, 0.05) is 16.3 Å². The Hall–Kier alpha value is -3.18. The molecule has 2 heterocycles. The molecule has 0 spiro atoms. The number of furan rings is 1. The van der Waals surface area contributed by atoms with E-state index in [4.69, 9.17) is 16.0 Å². The van der Waals surface area contributed by atoms with E-state index in [0.717, 1.165) is 21.9 Å². The zero-order valence-electron chi connectivity index (χ0n) is 13.9. The van der Waals surface area contributed by atoms with Crippen LogP contribution in [0.3, 0.4) is 0 Å². The summed E-state index contributed by atoms with van der Waals surface area (Å²) in [5, 5.41) is 6.10. The van der Waals surface area contributed by atoms with Crippen molar-refractivity contribution in [2.24, 2.45) is 5.10 Å². The highest BCUT2D eigenvalue weighted by atomic mass is 35.5.